The Morgan fingerprint density at radius 1 is 0.885 bits per heavy atom. The molecule has 0 heterocycles. The fraction of sp³-hybridized carbons (Fsp3) is 0.211. The third-order valence-electron chi connectivity index (χ3n) is 3.25. The Hall–Kier alpha value is -3.35. The van der Waals surface area contributed by atoms with Crippen molar-refractivity contribution >= 4 is 23.4 Å². The molecule has 2 rings (SSSR count). The van der Waals surface area contributed by atoms with Crippen LogP contribution in [-0.4, -0.2) is 23.8 Å². The van der Waals surface area contributed by atoms with Crippen molar-refractivity contribution in [2.45, 2.75) is 26.9 Å². The van der Waals surface area contributed by atoms with E-state index in [9.17, 15) is 14.4 Å². The summed E-state index contributed by atoms with van der Waals surface area (Å²) in [5.41, 5.74) is 5.97. The highest BCUT2D eigenvalue weighted by atomic mass is 16.5. The number of benzene rings is 2. The van der Waals surface area contributed by atoms with Crippen LogP contribution in [0, 0.1) is 0 Å². The number of hydrogen-bond acceptors (Lipinski definition) is 4. The molecular formula is C19H21N3O4. The number of hydrogen-bond donors (Lipinski definition) is 3. The molecule has 3 N–H and O–H groups in total. The van der Waals surface area contributed by atoms with Crippen molar-refractivity contribution in [3.05, 3.63) is 59.7 Å². The lowest BCUT2D eigenvalue weighted by atomic mass is 10.2. The molecule has 0 spiro atoms. The highest BCUT2D eigenvalue weighted by molar-refractivity contribution is 6.00. The van der Waals surface area contributed by atoms with E-state index < -0.39 is 11.8 Å². The fourth-order valence-corrected chi connectivity index (χ4v) is 2.17. The lowest BCUT2D eigenvalue weighted by Gasteiger charge is -2.14. The van der Waals surface area contributed by atoms with Crippen LogP contribution < -0.4 is 20.9 Å². The molecule has 3 amide bonds. The van der Waals surface area contributed by atoms with E-state index in [1.54, 1.807) is 48.5 Å². The quantitative estimate of drug-likeness (QED) is 0.718. The van der Waals surface area contributed by atoms with Gasteiger partial charge in [-0.25, -0.2) is 0 Å². The lowest BCUT2D eigenvalue weighted by molar-refractivity contribution is -0.114. The Labute approximate surface area is 151 Å². The van der Waals surface area contributed by atoms with E-state index in [4.69, 9.17) is 4.74 Å². The van der Waals surface area contributed by atoms with Gasteiger partial charge in [0.25, 0.3) is 11.8 Å². The predicted octanol–water partition coefficient (Wildman–Crippen LogP) is 2.51. The Kier molecular flexibility index (Phi) is 6.32. The van der Waals surface area contributed by atoms with Crippen molar-refractivity contribution in [1.29, 1.82) is 0 Å². The normalized spacial score (nSPS) is 10.2. The summed E-state index contributed by atoms with van der Waals surface area (Å²) in [4.78, 5) is 35.4. The second-order valence-corrected chi connectivity index (χ2v) is 5.83. The number of rotatable bonds is 5. The van der Waals surface area contributed by atoms with Gasteiger partial charge in [0, 0.05) is 18.2 Å². The van der Waals surface area contributed by atoms with Crippen LogP contribution in [0.5, 0.6) is 5.75 Å². The molecule has 7 heteroatoms. The standard InChI is InChI=1S/C19H21N3O4/c1-12(2)26-17-7-5-4-6-16(17)19(25)22-21-18(24)14-8-10-15(11-9-14)20-13(3)23/h4-12H,1-3H3,(H,20,23)(H,21,24)(H,22,25). The first-order chi connectivity index (χ1) is 12.4. The Balaban J connectivity index is 1.99. The first-order valence-corrected chi connectivity index (χ1v) is 8.11. The van der Waals surface area contributed by atoms with Gasteiger partial charge in [-0.2, -0.15) is 0 Å². The molecule has 2 aromatic rings. The molecule has 0 aliphatic heterocycles. The van der Waals surface area contributed by atoms with E-state index in [-0.39, 0.29) is 12.0 Å². The van der Waals surface area contributed by atoms with Gasteiger partial charge in [0.2, 0.25) is 5.91 Å². The van der Waals surface area contributed by atoms with Gasteiger partial charge in [0.15, 0.2) is 0 Å². The molecule has 0 radical (unpaired) electrons. The molecule has 0 aromatic heterocycles. The minimum absolute atomic E-state index is 0.0827. The summed E-state index contributed by atoms with van der Waals surface area (Å²) in [5, 5.41) is 2.61. The van der Waals surface area contributed by atoms with Crippen LogP contribution in [-0.2, 0) is 4.79 Å². The molecule has 0 bridgehead atoms. The van der Waals surface area contributed by atoms with Crippen molar-refractivity contribution < 1.29 is 19.1 Å². The summed E-state index contributed by atoms with van der Waals surface area (Å²) < 4.78 is 5.59. The van der Waals surface area contributed by atoms with Crippen LogP contribution in [0.4, 0.5) is 5.69 Å². The summed E-state index contributed by atoms with van der Waals surface area (Å²) in [6.07, 6.45) is -0.0827. The second-order valence-electron chi connectivity index (χ2n) is 5.83. The molecule has 0 fully saturated rings. The van der Waals surface area contributed by atoms with Gasteiger partial charge in [-0.05, 0) is 50.2 Å². The predicted molar refractivity (Wildman–Crippen MR) is 97.9 cm³/mol. The van der Waals surface area contributed by atoms with Crippen LogP contribution >= 0.6 is 0 Å². The maximum Gasteiger partial charge on any atom is 0.273 e. The summed E-state index contributed by atoms with van der Waals surface area (Å²) in [6, 6.07) is 13.1. The average Bonchev–Trinajstić information content (AvgIpc) is 2.59. The second kappa shape index (κ2) is 8.66. The fourth-order valence-electron chi connectivity index (χ4n) is 2.17. The molecular weight excluding hydrogens is 334 g/mol. The third-order valence-corrected chi connectivity index (χ3v) is 3.25. The Morgan fingerprint density at radius 2 is 1.50 bits per heavy atom. The van der Waals surface area contributed by atoms with E-state index in [0.717, 1.165) is 0 Å². The number of carbonyl (C=O) groups is 3. The minimum Gasteiger partial charge on any atom is -0.490 e. The molecule has 0 atom stereocenters. The smallest absolute Gasteiger partial charge is 0.273 e. The van der Waals surface area contributed by atoms with E-state index >= 15 is 0 Å². The van der Waals surface area contributed by atoms with E-state index in [1.165, 1.54) is 6.92 Å². The van der Waals surface area contributed by atoms with E-state index in [2.05, 4.69) is 16.2 Å². The van der Waals surface area contributed by atoms with Gasteiger partial charge in [-0.1, -0.05) is 12.1 Å². The van der Waals surface area contributed by atoms with Crippen molar-refractivity contribution in [3.63, 3.8) is 0 Å². The van der Waals surface area contributed by atoms with Gasteiger partial charge in [-0.3, -0.25) is 25.2 Å². The van der Waals surface area contributed by atoms with Gasteiger partial charge in [0.05, 0.1) is 11.7 Å². The zero-order chi connectivity index (χ0) is 19.1. The van der Waals surface area contributed by atoms with Crippen LogP contribution in [0.15, 0.2) is 48.5 Å². The van der Waals surface area contributed by atoms with Crippen LogP contribution in [0.3, 0.4) is 0 Å². The van der Waals surface area contributed by atoms with Crippen LogP contribution in [0.2, 0.25) is 0 Å². The SMILES string of the molecule is CC(=O)Nc1ccc(C(=O)NNC(=O)c2ccccc2OC(C)C)cc1. The average molecular weight is 355 g/mol. The monoisotopic (exact) mass is 355 g/mol. The number of nitrogens with one attached hydrogen (secondary N) is 3. The Morgan fingerprint density at radius 3 is 2.12 bits per heavy atom. The summed E-state index contributed by atoms with van der Waals surface area (Å²) in [5.74, 6) is -0.717. The molecule has 7 nitrogen and oxygen atoms in total. The van der Waals surface area contributed by atoms with Gasteiger partial charge in [0.1, 0.15) is 5.75 Å². The summed E-state index contributed by atoms with van der Waals surface area (Å²) >= 11 is 0. The molecule has 2 aromatic carbocycles. The lowest BCUT2D eigenvalue weighted by Crippen LogP contribution is -2.41. The topological polar surface area (TPSA) is 96.5 Å². The number of hydrazine groups is 1. The van der Waals surface area contributed by atoms with Crippen molar-refractivity contribution in [1.82, 2.24) is 10.9 Å². The van der Waals surface area contributed by atoms with E-state index in [0.29, 0.717) is 22.6 Å². The summed E-state index contributed by atoms with van der Waals surface area (Å²) in [6.45, 7) is 5.12. The first kappa shape index (κ1) is 19.0. The van der Waals surface area contributed by atoms with Crippen LogP contribution in [0.25, 0.3) is 0 Å². The molecule has 136 valence electrons. The highest BCUT2D eigenvalue weighted by Crippen LogP contribution is 2.19. The molecule has 26 heavy (non-hydrogen) atoms. The number of amides is 3. The maximum atomic E-state index is 12.3. The van der Waals surface area contributed by atoms with E-state index in [1.807, 2.05) is 13.8 Å². The van der Waals surface area contributed by atoms with Crippen molar-refractivity contribution in [3.8, 4) is 5.75 Å². The maximum absolute atomic E-state index is 12.3. The number of ether oxygens (including phenoxy) is 1. The molecule has 0 saturated heterocycles. The molecule has 0 aliphatic carbocycles. The van der Waals surface area contributed by atoms with Gasteiger partial charge >= 0.3 is 0 Å². The largest absolute Gasteiger partial charge is 0.490 e. The summed E-state index contributed by atoms with van der Waals surface area (Å²) in [7, 11) is 0. The third kappa shape index (κ3) is 5.34. The van der Waals surface area contributed by atoms with Gasteiger partial charge < -0.3 is 10.1 Å². The van der Waals surface area contributed by atoms with Crippen molar-refractivity contribution in [2.24, 2.45) is 0 Å². The minimum atomic E-state index is -0.482. The number of carbonyl (C=O) groups excluding carboxylic acids is 3. The van der Waals surface area contributed by atoms with Crippen molar-refractivity contribution in [2.75, 3.05) is 5.32 Å². The molecule has 0 aliphatic rings. The zero-order valence-corrected chi connectivity index (χ0v) is 14.8. The Bertz CT molecular complexity index is 801. The highest BCUT2D eigenvalue weighted by Gasteiger charge is 2.14. The van der Waals surface area contributed by atoms with Crippen LogP contribution in [0.1, 0.15) is 41.5 Å². The number of anilines is 1. The number of para-hydroxylation sites is 1. The molecule has 0 saturated carbocycles. The molecule has 0 unspecified atom stereocenters. The van der Waals surface area contributed by atoms with Gasteiger partial charge in [-0.15, -0.1) is 0 Å². The first-order valence-electron chi connectivity index (χ1n) is 8.11. The zero-order valence-electron chi connectivity index (χ0n) is 14.8.